The minimum atomic E-state index is 0.321. The van der Waals surface area contributed by atoms with Crippen LogP contribution in [0, 0.1) is 11.8 Å². The van der Waals surface area contributed by atoms with Crippen LogP contribution in [0.3, 0.4) is 0 Å². The normalized spacial score (nSPS) is 18.3. The summed E-state index contributed by atoms with van der Waals surface area (Å²) in [5.41, 5.74) is 1.81. The molecule has 1 saturated carbocycles. The van der Waals surface area contributed by atoms with Gasteiger partial charge < -0.3 is 5.32 Å². The summed E-state index contributed by atoms with van der Waals surface area (Å²) in [5, 5.41) is 3.66. The molecule has 1 nitrogen and oxygen atoms in total. The maximum Gasteiger partial charge on any atom is 0.0273 e. The van der Waals surface area contributed by atoms with Crippen molar-refractivity contribution < 1.29 is 0 Å². The Bertz CT molecular complexity index is 420. The van der Waals surface area contributed by atoms with Gasteiger partial charge in [0.2, 0.25) is 0 Å². The lowest BCUT2D eigenvalue weighted by atomic mass is 9.59. The molecule has 0 amide bonds. The van der Waals surface area contributed by atoms with Gasteiger partial charge in [-0.1, -0.05) is 43.7 Å². The molecule has 1 heteroatoms. The third-order valence-corrected chi connectivity index (χ3v) is 4.20. The highest BCUT2D eigenvalue weighted by Gasteiger charge is 2.44. The highest BCUT2D eigenvalue weighted by molar-refractivity contribution is 5.31. The van der Waals surface area contributed by atoms with Crippen LogP contribution in [0.15, 0.2) is 30.3 Å². The number of hydrogen-bond acceptors (Lipinski definition) is 1. The standard InChI is InChI=1S/C17H23N/c1-3-5-12-16(18-4-2)17(13-9-14-17)15-10-7-6-8-11-15/h6-8,10-11,16,18H,4,9,12-14H2,1-2H3. The molecule has 18 heavy (non-hydrogen) atoms. The van der Waals surface area contributed by atoms with Gasteiger partial charge in [-0.2, -0.15) is 0 Å². The zero-order chi connectivity index (χ0) is 12.8. The van der Waals surface area contributed by atoms with E-state index < -0.39 is 0 Å². The molecule has 1 unspecified atom stereocenters. The Morgan fingerprint density at radius 3 is 2.50 bits per heavy atom. The second-order valence-electron chi connectivity index (χ2n) is 5.12. The predicted molar refractivity (Wildman–Crippen MR) is 77.5 cm³/mol. The third kappa shape index (κ3) is 2.44. The average Bonchev–Trinajstić information content (AvgIpc) is 2.36. The van der Waals surface area contributed by atoms with E-state index in [0.29, 0.717) is 11.5 Å². The molecule has 0 radical (unpaired) electrons. The number of likely N-dealkylation sites (N-methyl/N-ethyl adjacent to an activating group) is 1. The van der Waals surface area contributed by atoms with Crippen molar-refractivity contribution in [2.75, 3.05) is 6.54 Å². The minimum absolute atomic E-state index is 0.321. The van der Waals surface area contributed by atoms with Gasteiger partial charge in [0.15, 0.2) is 0 Å². The maximum absolute atomic E-state index is 3.66. The predicted octanol–water partition coefficient (Wildman–Crippen LogP) is 3.50. The highest BCUT2D eigenvalue weighted by atomic mass is 14.9. The van der Waals surface area contributed by atoms with E-state index in [4.69, 9.17) is 0 Å². The topological polar surface area (TPSA) is 12.0 Å². The Morgan fingerprint density at radius 1 is 1.28 bits per heavy atom. The van der Waals surface area contributed by atoms with E-state index >= 15 is 0 Å². The summed E-state index contributed by atoms with van der Waals surface area (Å²) < 4.78 is 0. The molecule has 96 valence electrons. The molecule has 0 spiro atoms. The summed E-state index contributed by atoms with van der Waals surface area (Å²) in [7, 11) is 0. The first kappa shape index (κ1) is 13.2. The molecular weight excluding hydrogens is 218 g/mol. The molecule has 0 saturated heterocycles. The monoisotopic (exact) mass is 241 g/mol. The Morgan fingerprint density at radius 2 is 2.00 bits per heavy atom. The summed E-state index contributed by atoms with van der Waals surface area (Å²) >= 11 is 0. The van der Waals surface area contributed by atoms with Crippen molar-refractivity contribution in [1.29, 1.82) is 0 Å². The van der Waals surface area contributed by atoms with Crippen LogP contribution in [-0.2, 0) is 5.41 Å². The molecule has 1 aromatic carbocycles. The molecule has 0 aliphatic heterocycles. The Labute approximate surface area is 111 Å². The number of rotatable bonds is 5. The van der Waals surface area contributed by atoms with Crippen molar-refractivity contribution in [3.05, 3.63) is 35.9 Å². The Kier molecular flexibility index (Phi) is 4.44. The number of benzene rings is 1. The molecule has 0 aromatic heterocycles. The third-order valence-electron chi connectivity index (χ3n) is 4.20. The number of nitrogens with one attached hydrogen (secondary N) is 1. The fraction of sp³-hybridized carbons (Fsp3) is 0.529. The van der Waals surface area contributed by atoms with E-state index in [0.717, 1.165) is 13.0 Å². The van der Waals surface area contributed by atoms with Crippen molar-refractivity contribution in [3.63, 3.8) is 0 Å². The van der Waals surface area contributed by atoms with Gasteiger partial charge >= 0.3 is 0 Å². The molecule has 1 aliphatic rings. The molecule has 1 fully saturated rings. The van der Waals surface area contributed by atoms with Gasteiger partial charge in [0.25, 0.3) is 0 Å². The van der Waals surface area contributed by atoms with Crippen LogP contribution >= 0.6 is 0 Å². The quantitative estimate of drug-likeness (QED) is 0.778. The first-order valence-electron chi connectivity index (χ1n) is 7.02. The van der Waals surface area contributed by atoms with Crippen molar-refractivity contribution >= 4 is 0 Å². The van der Waals surface area contributed by atoms with Crippen LogP contribution in [0.25, 0.3) is 0 Å². The van der Waals surface area contributed by atoms with Crippen LogP contribution in [0.4, 0.5) is 0 Å². The van der Waals surface area contributed by atoms with Crippen molar-refractivity contribution in [3.8, 4) is 11.8 Å². The summed E-state index contributed by atoms with van der Waals surface area (Å²) in [6.07, 6.45) is 4.88. The lowest BCUT2D eigenvalue weighted by Crippen LogP contribution is -2.52. The van der Waals surface area contributed by atoms with Crippen molar-refractivity contribution in [2.45, 2.75) is 51.0 Å². The molecule has 0 bridgehead atoms. The summed E-state index contributed by atoms with van der Waals surface area (Å²) in [4.78, 5) is 0. The smallest absolute Gasteiger partial charge is 0.0273 e. The lowest BCUT2D eigenvalue weighted by molar-refractivity contribution is 0.172. The maximum atomic E-state index is 3.66. The van der Waals surface area contributed by atoms with E-state index in [1.807, 2.05) is 6.92 Å². The fourth-order valence-electron chi connectivity index (χ4n) is 3.08. The van der Waals surface area contributed by atoms with Gasteiger partial charge in [-0.3, -0.25) is 0 Å². The minimum Gasteiger partial charge on any atom is -0.312 e. The van der Waals surface area contributed by atoms with E-state index in [-0.39, 0.29) is 0 Å². The van der Waals surface area contributed by atoms with Gasteiger partial charge in [0.1, 0.15) is 0 Å². The van der Waals surface area contributed by atoms with Crippen molar-refractivity contribution in [2.24, 2.45) is 0 Å². The first-order chi connectivity index (χ1) is 8.83. The van der Waals surface area contributed by atoms with Crippen molar-refractivity contribution in [1.82, 2.24) is 5.32 Å². The van der Waals surface area contributed by atoms with Crippen LogP contribution in [-0.4, -0.2) is 12.6 Å². The summed E-state index contributed by atoms with van der Waals surface area (Å²) in [5.74, 6) is 6.30. The molecular formula is C17H23N. The van der Waals surface area contributed by atoms with E-state index in [2.05, 4.69) is 54.4 Å². The zero-order valence-electron chi connectivity index (χ0n) is 11.5. The molecule has 1 aromatic rings. The van der Waals surface area contributed by atoms with Gasteiger partial charge in [-0.25, -0.2) is 0 Å². The van der Waals surface area contributed by atoms with Gasteiger partial charge in [-0.15, -0.1) is 11.8 Å². The highest BCUT2D eigenvalue weighted by Crippen LogP contribution is 2.47. The molecule has 1 N–H and O–H groups in total. The summed E-state index contributed by atoms with van der Waals surface area (Å²) in [6, 6.07) is 11.5. The molecule has 0 heterocycles. The zero-order valence-corrected chi connectivity index (χ0v) is 11.5. The van der Waals surface area contributed by atoms with Crippen LogP contribution < -0.4 is 5.32 Å². The Balaban J connectivity index is 2.25. The largest absolute Gasteiger partial charge is 0.312 e. The molecule has 1 atom stereocenters. The van der Waals surface area contributed by atoms with Crippen LogP contribution in [0.1, 0.15) is 45.1 Å². The lowest BCUT2D eigenvalue weighted by Gasteiger charge is -2.48. The SMILES string of the molecule is CC#CCC(NCC)C1(c2ccccc2)CCC1. The van der Waals surface area contributed by atoms with Gasteiger partial charge in [0, 0.05) is 17.9 Å². The molecule has 1 aliphatic carbocycles. The van der Waals surface area contributed by atoms with Gasteiger partial charge in [0.05, 0.1) is 0 Å². The second-order valence-corrected chi connectivity index (χ2v) is 5.12. The van der Waals surface area contributed by atoms with E-state index in [1.54, 1.807) is 0 Å². The molecule has 2 rings (SSSR count). The van der Waals surface area contributed by atoms with Gasteiger partial charge in [-0.05, 0) is 31.9 Å². The van der Waals surface area contributed by atoms with E-state index in [1.165, 1.54) is 24.8 Å². The average molecular weight is 241 g/mol. The van der Waals surface area contributed by atoms with Crippen LogP contribution in [0.2, 0.25) is 0 Å². The van der Waals surface area contributed by atoms with E-state index in [9.17, 15) is 0 Å². The fourth-order valence-corrected chi connectivity index (χ4v) is 3.08. The Hall–Kier alpha value is -1.26. The summed E-state index contributed by atoms with van der Waals surface area (Å²) in [6.45, 7) is 5.13. The van der Waals surface area contributed by atoms with Crippen LogP contribution in [0.5, 0.6) is 0 Å². The second kappa shape index (κ2) is 6.07. The first-order valence-corrected chi connectivity index (χ1v) is 7.02. The number of hydrogen-bond donors (Lipinski definition) is 1.